The summed E-state index contributed by atoms with van der Waals surface area (Å²) in [4.78, 5) is 24.3. The van der Waals surface area contributed by atoms with Gasteiger partial charge < -0.3 is 4.57 Å². The van der Waals surface area contributed by atoms with Crippen LogP contribution in [0.25, 0.3) is 104 Å². The van der Waals surface area contributed by atoms with E-state index in [4.69, 9.17) is 23.2 Å². The largest absolute Gasteiger partial charge is 0.309 e. The Morgan fingerprint density at radius 2 is 1.04 bits per heavy atom. The Morgan fingerprint density at radius 1 is 0.482 bits per heavy atom. The van der Waals surface area contributed by atoms with Gasteiger partial charge in [-0.15, -0.1) is 11.3 Å². The summed E-state index contributed by atoms with van der Waals surface area (Å²) in [6.07, 6.45) is 1.59. The minimum absolute atomic E-state index is 0.00951. The molecule has 56 heavy (non-hydrogen) atoms. The third-order valence-corrected chi connectivity index (χ3v) is 11.0. The van der Waals surface area contributed by atoms with Gasteiger partial charge in [0.2, 0.25) is 0 Å². The Kier molecular flexibility index (Phi) is 5.86. The van der Waals surface area contributed by atoms with Crippen molar-refractivity contribution in [3.63, 3.8) is 0 Å². The molecule has 0 bridgehead atoms. The fraction of sp³-hybridized carbons (Fsp3) is 0. The zero-order valence-corrected chi connectivity index (χ0v) is 30.1. The molecule has 7 heteroatoms. The van der Waals surface area contributed by atoms with Crippen molar-refractivity contribution in [2.75, 3.05) is 0 Å². The summed E-state index contributed by atoms with van der Waals surface area (Å²) in [5.74, 6) is 1.13. The number of hydrogen-bond acceptors (Lipinski definition) is 6. The molecular weight excluding hydrogens is 705 g/mol. The third kappa shape index (κ3) is 5.36. The van der Waals surface area contributed by atoms with Crippen molar-refractivity contribution in [1.82, 2.24) is 29.5 Å². The minimum Gasteiger partial charge on any atom is -0.309 e. The molecule has 0 aliphatic heterocycles. The highest BCUT2D eigenvalue weighted by Crippen LogP contribution is 2.40. The number of rotatable bonds is 6. The minimum atomic E-state index is -0.509. The van der Waals surface area contributed by atoms with Crippen molar-refractivity contribution < 1.29 is 11.0 Å². The molecule has 11 aromatic rings. The number of benzene rings is 7. The monoisotopic (exact) mass is 742 g/mol. The third-order valence-electron chi connectivity index (χ3n) is 9.86. The second kappa shape index (κ2) is 13.2. The van der Waals surface area contributed by atoms with E-state index in [9.17, 15) is 2.74 Å². The SMILES string of the molecule is [2H]c1c([2H])c([2H])c2c(c1[2H])c1c([2H])c([2H])c([2H])c([2H])c1n2-c1cc(-c2nc(-c3ccccc3)nc(-c3ccc(-c4ncnc5c4sc4ccccc45)cc3)n2)ccc1-c1ccccc1. The molecule has 7 aromatic carbocycles. The van der Waals surface area contributed by atoms with Crippen molar-refractivity contribution in [3.05, 3.63) is 182 Å². The average molecular weight is 743 g/mol. The highest BCUT2D eigenvalue weighted by atomic mass is 32.1. The maximum Gasteiger partial charge on any atom is 0.164 e. The first-order valence-electron chi connectivity index (χ1n) is 21.8. The Morgan fingerprint density at radius 3 is 1.73 bits per heavy atom. The van der Waals surface area contributed by atoms with Crippen molar-refractivity contribution in [1.29, 1.82) is 0 Å². The Hall–Kier alpha value is -7.35. The predicted molar refractivity (Wildman–Crippen MR) is 230 cm³/mol. The van der Waals surface area contributed by atoms with Gasteiger partial charge in [-0.25, -0.2) is 24.9 Å². The molecule has 6 nitrogen and oxygen atoms in total. The number of aromatic nitrogens is 6. The molecule has 0 atom stereocenters. The van der Waals surface area contributed by atoms with E-state index in [0.717, 1.165) is 48.3 Å². The Labute approximate surface area is 337 Å². The van der Waals surface area contributed by atoms with Gasteiger partial charge in [0.15, 0.2) is 17.5 Å². The second-order valence-corrected chi connectivity index (χ2v) is 14.2. The van der Waals surface area contributed by atoms with E-state index in [0.29, 0.717) is 34.3 Å². The molecule has 4 aromatic heterocycles. The van der Waals surface area contributed by atoms with E-state index >= 15 is 0 Å². The maximum absolute atomic E-state index is 9.20. The fourth-order valence-corrected chi connectivity index (χ4v) is 8.40. The summed E-state index contributed by atoms with van der Waals surface area (Å²) in [6, 6.07) is 37.0. The van der Waals surface area contributed by atoms with Crippen LogP contribution >= 0.6 is 11.3 Å². The van der Waals surface area contributed by atoms with Crippen LogP contribution in [0.4, 0.5) is 0 Å². The lowest BCUT2D eigenvalue weighted by Gasteiger charge is -2.16. The molecule has 11 rings (SSSR count). The van der Waals surface area contributed by atoms with Gasteiger partial charge in [0.1, 0.15) is 6.33 Å². The van der Waals surface area contributed by atoms with Crippen molar-refractivity contribution in [2.24, 2.45) is 0 Å². The molecule has 0 fully saturated rings. The molecule has 0 N–H and O–H groups in total. The lowest BCUT2D eigenvalue weighted by Crippen LogP contribution is -2.02. The Balaban J connectivity index is 1.14. The van der Waals surface area contributed by atoms with Gasteiger partial charge in [0.25, 0.3) is 0 Å². The first-order chi connectivity index (χ1) is 31.1. The second-order valence-electron chi connectivity index (χ2n) is 13.1. The van der Waals surface area contributed by atoms with Gasteiger partial charge in [-0.05, 0) is 29.8 Å². The topological polar surface area (TPSA) is 69.4 Å². The molecule has 4 heterocycles. The predicted octanol–water partition coefficient (Wildman–Crippen LogP) is 12.5. The van der Waals surface area contributed by atoms with Gasteiger partial charge in [0, 0.05) is 48.7 Å². The molecule has 0 unspecified atom stereocenters. The zero-order chi connectivity index (χ0) is 44.0. The van der Waals surface area contributed by atoms with Gasteiger partial charge in [-0.1, -0.05) is 152 Å². The highest BCUT2D eigenvalue weighted by Gasteiger charge is 2.19. The van der Waals surface area contributed by atoms with E-state index in [1.807, 2.05) is 109 Å². The fourth-order valence-electron chi connectivity index (χ4n) is 7.24. The van der Waals surface area contributed by atoms with Crippen LogP contribution in [0.15, 0.2) is 182 Å². The standard InChI is InChI=1S/C49H30N6S/c1-3-13-31(14-4-1)36-28-27-35(29-42(36)55-40-20-10-7-17-37(40)38-18-8-11-21-41(38)55)49-53-47(33-15-5-2-6-16-33)52-48(54-49)34-25-23-32(24-26-34)44-46-45(51-30-50-44)39-19-9-12-22-43(39)56-46/h1-30H/i7D,8D,10D,11D,17D,18D,20D,21D. The molecule has 0 radical (unpaired) electrons. The molecule has 0 spiro atoms. The highest BCUT2D eigenvalue weighted by molar-refractivity contribution is 7.26. The molecule has 0 aliphatic carbocycles. The lowest BCUT2D eigenvalue weighted by molar-refractivity contribution is 1.07. The molecule has 262 valence electrons. The van der Waals surface area contributed by atoms with E-state index in [1.165, 1.54) is 4.57 Å². The molecular formula is C49H30N6S. The maximum atomic E-state index is 9.20. The van der Waals surface area contributed by atoms with Crippen LogP contribution in [0.3, 0.4) is 0 Å². The molecule has 0 saturated heterocycles. The number of nitrogens with zero attached hydrogens (tertiary/aromatic N) is 6. The zero-order valence-electron chi connectivity index (χ0n) is 37.3. The number of hydrogen-bond donors (Lipinski definition) is 0. The summed E-state index contributed by atoms with van der Waals surface area (Å²) >= 11 is 1.65. The van der Waals surface area contributed by atoms with E-state index < -0.39 is 36.3 Å². The quantitative estimate of drug-likeness (QED) is 0.170. The van der Waals surface area contributed by atoms with Crippen LogP contribution in [-0.2, 0) is 0 Å². The summed E-state index contributed by atoms with van der Waals surface area (Å²) in [5.41, 5.74) is 6.46. The van der Waals surface area contributed by atoms with Gasteiger partial charge >= 0.3 is 0 Å². The van der Waals surface area contributed by atoms with Crippen LogP contribution in [0.5, 0.6) is 0 Å². The van der Waals surface area contributed by atoms with E-state index in [-0.39, 0.29) is 33.9 Å². The number of para-hydroxylation sites is 2. The first-order valence-corrected chi connectivity index (χ1v) is 18.7. The molecule has 0 amide bonds. The molecule has 0 saturated carbocycles. The van der Waals surface area contributed by atoms with Crippen LogP contribution < -0.4 is 0 Å². The van der Waals surface area contributed by atoms with Gasteiger partial charge in [-0.3, -0.25) is 0 Å². The number of fused-ring (bicyclic) bond motifs is 6. The van der Waals surface area contributed by atoms with Gasteiger partial charge in [-0.2, -0.15) is 0 Å². The summed E-state index contributed by atoms with van der Waals surface area (Å²) < 4.78 is 74.6. The smallest absolute Gasteiger partial charge is 0.164 e. The summed E-state index contributed by atoms with van der Waals surface area (Å²) in [7, 11) is 0. The van der Waals surface area contributed by atoms with Crippen LogP contribution in [0.1, 0.15) is 11.0 Å². The van der Waals surface area contributed by atoms with Gasteiger partial charge in [0.05, 0.1) is 43.6 Å². The first kappa shape index (κ1) is 24.9. The van der Waals surface area contributed by atoms with E-state index in [1.54, 1.807) is 23.7 Å². The van der Waals surface area contributed by atoms with Crippen molar-refractivity contribution >= 4 is 53.4 Å². The lowest BCUT2D eigenvalue weighted by atomic mass is 10.0. The average Bonchev–Trinajstić information content (AvgIpc) is 3.91. The number of thiophene rings is 1. The summed E-state index contributed by atoms with van der Waals surface area (Å²) in [5, 5.41) is 1.07. The van der Waals surface area contributed by atoms with Crippen LogP contribution in [0, 0.1) is 0 Å². The Bertz CT molecular complexity index is 3630. The van der Waals surface area contributed by atoms with Crippen LogP contribution in [-0.4, -0.2) is 29.5 Å². The van der Waals surface area contributed by atoms with Crippen molar-refractivity contribution in [2.45, 2.75) is 0 Å². The van der Waals surface area contributed by atoms with E-state index in [2.05, 4.69) is 22.1 Å². The normalized spacial score (nSPS) is 13.6. The molecule has 0 aliphatic rings. The van der Waals surface area contributed by atoms with Crippen molar-refractivity contribution in [3.8, 4) is 62.2 Å². The summed E-state index contributed by atoms with van der Waals surface area (Å²) in [6.45, 7) is 0. The van der Waals surface area contributed by atoms with Crippen LogP contribution in [0.2, 0.25) is 0 Å².